The molecule has 3 rings (SSSR count). The van der Waals surface area contributed by atoms with E-state index in [4.69, 9.17) is 4.74 Å². The summed E-state index contributed by atoms with van der Waals surface area (Å²) < 4.78 is 5.32. The van der Waals surface area contributed by atoms with Crippen molar-refractivity contribution in [1.82, 2.24) is 15.5 Å². The number of nitrogens with one attached hydrogen (secondary N) is 2. The molecule has 57 heavy (non-hydrogen) atoms. The summed E-state index contributed by atoms with van der Waals surface area (Å²) in [5, 5.41) is 7.29. The quantitative estimate of drug-likeness (QED) is 0.0461. The number of ether oxygens (including phenoxy) is 1. The van der Waals surface area contributed by atoms with Crippen LogP contribution >= 0.6 is 0 Å². The summed E-state index contributed by atoms with van der Waals surface area (Å²) in [5.41, 5.74) is 0.940. The monoisotopic (exact) mass is 792 g/mol. The first-order chi connectivity index (χ1) is 27.6. The minimum absolute atomic E-state index is 0.0593. The second-order valence-corrected chi connectivity index (χ2v) is 16.3. The zero-order valence-corrected chi connectivity index (χ0v) is 36.4. The first kappa shape index (κ1) is 49.4. The molecule has 0 fully saturated rings. The molecule has 2 aromatic rings. The highest BCUT2D eigenvalue weighted by Gasteiger charge is 2.33. The van der Waals surface area contributed by atoms with Gasteiger partial charge in [-0.05, 0) is 55.0 Å². The Bertz CT molecular complexity index is 1420. The molecule has 1 aliphatic rings. The Hall–Kier alpha value is -3.75. The molecule has 1 heterocycles. The van der Waals surface area contributed by atoms with Gasteiger partial charge in [-0.1, -0.05) is 162 Å². The Balaban J connectivity index is 0.000000410. The molecule has 0 spiro atoms. The average Bonchev–Trinajstić information content (AvgIpc) is 3.22. The average molecular weight is 792 g/mol. The van der Waals surface area contributed by atoms with E-state index >= 15 is 0 Å². The van der Waals surface area contributed by atoms with Gasteiger partial charge >= 0.3 is 5.97 Å². The summed E-state index contributed by atoms with van der Waals surface area (Å²) in [6, 6.07) is 10.7. The molecule has 320 valence electrons. The zero-order chi connectivity index (χ0) is 41.7. The van der Waals surface area contributed by atoms with Crippen molar-refractivity contribution in [2.24, 2.45) is 11.8 Å². The number of hydrogen-bond donors (Lipinski definition) is 2. The topological polar surface area (TPSA) is 122 Å². The maximum Gasteiger partial charge on any atom is 0.305 e. The van der Waals surface area contributed by atoms with Crippen LogP contribution in [0.25, 0.3) is 10.8 Å². The fourth-order valence-electron chi connectivity index (χ4n) is 6.84. The van der Waals surface area contributed by atoms with Gasteiger partial charge in [-0.3, -0.25) is 28.9 Å². The lowest BCUT2D eigenvalue weighted by molar-refractivity contribution is -0.144. The molecule has 2 aromatic carbocycles. The van der Waals surface area contributed by atoms with Crippen LogP contribution in [0, 0.1) is 11.8 Å². The van der Waals surface area contributed by atoms with E-state index in [1.165, 1.54) is 83.5 Å². The lowest BCUT2D eigenvalue weighted by Crippen LogP contribution is -2.46. The first-order valence-corrected chi connectivity index (χ1v) is 22.7. The van der Waals surface area contributed by atoms with E-state index in [0.717, 1.165) is 61.8 Å². The second-order valence-electron chi connectivity index (χ2n) is 16.3. The van der Waals surface area contributed by atoms with Crippen LogP contribution in [0.15, 0.2) is 36.4 Å². The maximum absolute atomic E-state index is 12.7. The highest BCUT2D eigenvalue weighted by molar-refractivity contribution is 6.26. The van der Waals surface area contributed by atoms with E-state index in [2.05, 4.69) is 31.4 Å². The van der Waals surface area contributed by atoms with Gasteiger partial charge in [0.05, 0.1) is 6.61 Å². The van der Waals surface area contributed by atoms with E-state index in [9.17, 15) is 24.0 Å². The summed E-state index contributed by atoms with van der Waals surface area (Å²) in [6.07, 6.45) is 25.8. The van der Waals surface area contributed by atoms with Crippen molar-refractivity contribution in [1.29, 1.82) is 0 Å². The summed E-state index contributed by atoms with van der Waals surface area (Å²) in [6.45, 7) is 12.2. The number of rotatable bonds is 30. The lowest BCUT2D eigenvalue weighted by atomic mass is 9.94. The van der Waals surface area contributed by atoms with Crippen molar-refractivity contribution in [3.8, 4) is 0 Å². The summed E-state index contributed by atoms with van der Waals surface area (Å²) >= 11 is 0. The van der Waals surface area contributed by atoms with Crippen LogP contribution in [-0.2, 0) is 19.1 Å². The first-order valence-electron chi connectivity index (χ1n) is 22.7. The number of unbranched alkanes of at least 4 members (excludes halogenated alkanes) is 16. The molecule has 0 saturated heterocycles. The molecular formula is C48H77N3O6. The van der Waals surface area contributed by atoms with Crippen LogP contribution in [0.2, 0.25) is 0 Å². The minimum atomic E-state index is -0.414. The Morgan fingerprint density at radius 2 is 1.02 bits per heavy atom. The molecule has 0 aromatic heterocycles. The number of carbonyl (C=O) groups is 5. The van der Waals surface area contributed by atoms with Crippen LogP contribution in [0.4, 0.5) is 0 Å². The van der Waals surface area contributed by atoms with E-state index in [0.29, 0.717) is 54.3 Å². The minimum Gasteiger partial charge on any atom is -0.466 e. The number of imide groups is 1. The van der Waals surface area contributed by atoms with Crippen molar-refractivity contribution >= 4 is 40.4 Å². The molecule has 9 nitrogen and oxygen atoms in total. The lowest BCUT2D eigenvalue weighted by Gasteiger charge is -2.26. The molecule has 9 heteroatoms. The molecular weight excluding hydrogens is 715 g/mol. The fourth-order valence-corrected chi connectivity index (χ4v) is 6.84. The van der Waals surface area contributed by atoms with Crippen LogP contribution in [0.3, 0.4) is 0 Å². The third kappa shape index (κ3) is 20.5. The molecule has 2 N–H and O–H groups in total. The summed E-state index contributed by atoms with van der Waals surface area (Å²) in [7, 11) is 0. The second kappa shape index (κ2) is 30.3. The highest BCUT2D eigenvalue weighted by atomic mass is 16.5. The van der Waals surface area contributed by atoms with Gasteiger partial charge in [0.25, 0.3) is 11.8 Å². The third-order valence-electron chi connectivity index (χ3n) is 11.1. The van der Waals surface area contributed by atoms with Crippen molar-refractivity contribution in [3.05, 3.63) is 47.5 Å². The number of amides is 4. The smallest absolute Gasteiger partial charge is 0.305 e. The Morgan fingerprint density at radius 3 is 1.51 bits per heavy atom. The molecule has 4 amide bonds. The van der Waals surface area contributed by atoms with Gasteiger partial charge in [-0.25, -0.2) is 0 Å². The van der Waals surface area contributed by atoms with E-state index in [1.807, 2.05) is 26.0 Å². The van der Waals surface area contributed by atoms with Gasteiger partial charge in [0.15, 0.2) is 0 Å². The SMILES string of the molecule is CCC(C)CNC(=O)CN1C(=O)c2cccc3cccc(c23)C1=O.CCCCCCCCCCCCCCCCCC(=O)OCCCCCC(=O)NCC(C)CC. The van der Waals surface area contributed by atoms with E-state index in [-0.39, 0.29) is 24.3 Å². The number of nitrogens with zero attached hydrogens (tertiary/aromatic N) is 1. The maximum atomic E-state index is 12.7. The standard InChI is InChI=1S/C29H57NO3.C19H20N2O3/c1-4-6-7-8-9-10-11-12-13-14-15-16-17-18-21-24-29(32)33-25-22-19-20-23-28(31)30-26-27(3)5-2;1-3-12(2)10-20-16(22)11-21-18(23)14-8-4-6-13-7-5-9-15(17(13)14)19(21)24/h27H,4-26H2,1-3H3,(H,30,31);4-9,12H,3,10-11H2,1-2H3,(H,20,22). The van der Waals surface area contributed by atoms with Gasteiger partial charge in [0, 0.05) is 42.4 Å². The normalized spacial score (nSPS) is 13.2. The van der Waals surface area contributed by atoms with Crippen molar-refractivity contribution in [2.75, 3.05) is 26.2 Å². The van der Waals surface area contributed by atoms with Crippen molar-refractivity contribution in [3.63, 3.8) is 0 Å². The van der Waals surface area contributed by atoms with E-state index < -0.39 is 11.8 Å². The summed E-state index contributed by atoms with van der Waals surface area (Å²) in [5.74, 6) is -0.167. The van der Waals surface area contributed by atoms with Gasteiger partial charge < -0.3 is 15.4 Å². The predicted octanol–water partition coefficient (Wildman–Crippen LogP) is 11.1. The molecule has 2 atom stereocenters. The predicted molar refractivity (Wildman–Crippen MR) is 233 cm³/mol. The molecule has 0 bridgehead atoms. The molecule has 2 unspecified atom stereocenters. The number of benzene rings is 2. The van der Waals surface area contributed by atoms with Gasteiger partial charge in [-0.15, -0.1) is 0 Å². The van der Waals surface area contributed by atoms with Crippen LogP contribution in [0.5, 0.6) is 0 Å². The number of carbonyl (C=O) groups excluding carboxylic acids is 5. The van der Waals surface area contributed by atoms with Gasteiger partial charge in [0.2, 0.25) is 11.8 Å². The summed E-state index contributed by atoms with van der Waals surface area (Å²) in [4.78, 5) is 62.0. The number of hydrogen-bond acceptors (Lipinski definition) is 6. The van der Waals surface area contributed by atoms with Crippen LogP contribution in [0.1, 0.15) is 197 Å². The largest absolute Gasteiger partial charge is 0.466 e. The van der Waals surface area contributed by atoms with Crippen LogP contribution in [-0.4, -0.2) is 60.7 Å². The molecule has 0 saturated carbocycles. The molecule has 0 radical (unpaired) electrons. The van der Waals surface area contributed by atoms with Crippen molar-refractivity contribution < 1.29 is 28.7 Å². The zero-order valence-electron chi connectivity index (χ0n) is 36.4. The van der Waals surface area contributed by atoms with E-state index in [1.54, 1.807) is 24.3 Å². The Morgan fingerprint density at radius 1 is 0.579 bits per heavy atom. The molecule has 0 aliphatic carbocycles. The Kier molecular flexibility index (Phi) is 26.3. The fraction of sp³-hybridized carbons (Fsp3) is 0.688. The van der Waals surface area contributed by atoms with Crippen molar-refractivity contribution in [2.45, 2.75) is 176 Å². The number of esters is 1. The van der Waals surface area contributed by atoms with Crippen LogP contribution < -0.4 is 10.6 Å². The Labute approximate surface area is 345 Å². The highest BCUT2D eigenvalue weighted by Crippen LogP contribution is 2.29. The third-order valence-corrected chi connectivity index (χ3v) is 11.1. The van der Waals surface area contributed by atoms with Gasteiger partial charge in [-0.2, -0.15) is 0 Å². The van der Waals surface area contributed by atoms with Gasteiger partial charge in [0.1, 0.15) is 6.54 Å². The molecule has 1 aliphatic heterocycles.